The average Bonchev–Trinajstić information content (AvgIpc) is 3.09. The van der Waals surface area contributed by atoms with Gasteiger partial charge in [0.15, 0.2) is 6.29 Å². The molecule has 3 aromatic rings. The summed E-state index contributed by atoms with van der Waals surface area (Å²) in [6.07, 6.45) is 1.69. The van der Waals surface area contributed by atoms with Gasteiger partial charge in [0.2, 0.25) is 10.0 Å². The average molecular weight is 431 g/mol. The van der Waals surface area contributed by atoms with E-state index in [9.17, 15) is 23.4 Å². The maximum Gasteiger partial charge on any atom is 0.243 e. The first-order valence-electron chi connectivity index (χ1n) is 9.75. The van der Waals surface area contributed by atoms with E-state index >= 15 is 0 Å². The van der Waals surface area contributed by atoms with Crippen molar-refractivity contribution in [1.82, 2.24) is 8.87 Å². The smallest absolute Gasteiger partial charge is 0.243 e. The lowest BCUT2D eigenvalue weighted by atomic mass is 10.2. The van der Waals surface area contributed by atoms with E-state index in [1.807, 2.05) is 31.2 Å². The second kappa shape index (κ2) is 9.53. The van der Waals surface area contributed by atoms with Crippen molar-refractivity contribution in [3.63, 3.8) is 0 Å². The van der Waals surface area contributed by atoms with E-state index in [1.165, 1.54) is 4.31 Å². The second-order valence-corrected chi connectivity index (χ2v) is 9.22. The number of hydrogen-bond donors (Lipinski definition) is 2. The number of carbonyl (C=O) groups excluding carboxylic acids is 1. The Morgan fingerprint density at radius 3 is 2.50 bits per heavy atom. The molecule has 0 radical (unpaired) electrons. The summed E-state index contributed by atoms with van der Waals surface area (Å²) < 4.78 is 29.1. The fourth-order valence-corrected chi connectivity index (χ4v) is 4.97. The van der Waals surface area contributed by atoms with Crippen molar-refractivity contribution in [2.24, 2.45) is 0 Å². The first kappa shape index (κ1) is 22.2. The van der Waals surface area contributed by atoms with E-state index in [1.54, 1.807) is 35.0 Å². The van der Waals surface area contributed by atoms with E-state index in [0.29, 0.717) is 5.56 Å². The molecular formula is C22H26N2O5S. The molecule has 7 nitrogen and oxygen atoms in total. The number of para-hydroxylation sites is 1. The highest BCUT2D eigenvalue weighted by Gasteiger charge is 2.26. The molecule has 30 heavy (non-hydrogen) atoms. The second-order valence-electron chi connectivity index (χ2n) is 7.28. The summed E-state index contributed by atoms with van der Waals surface area (Å²) in [5.74, 6) is 0. The molecule has 8 heteroatoms. The standard InChI is InChI=1S/C22H26N2O5S/c1-17-7-9-20(10-8-17)30(28,29)24(11-4-12-25)15-19(27)14-23-13-18(16-26)21-5-2-3-6-22(21)23/h2-3,5-10,13,16,19,25,27H,4,11-12,14-15H2,1H3. The van der Waals surface area contributed by atoms with Gasteiger partial charge in [-0.25, -0.2) is 8.42 Å². The van der Waals surface area contributed by atoms with Crippen LogP contribution in [0.5, 0.6) is 0 Å². The number of aliphatic hydroxyl groups excluding tert-OH is 2. The number of sulfonamides is 1. The predicted octanol–water partition coefficient (Wildman–Crippen LogP) is 2.20. The number of nitrogens with zero attached hydrogens (tertiary/aromatic N) is 2. The van der Waals surface area contributed by atoms with Gasteiger partial charge in [0.05, 0.1) is 11.0 Å². The van der Waals surface area contributed by atoms with Crippen LogP contribution in [0.4, 0.5) is 0 Å². The van der Waals surface area contributed by atoms with Crippen LogP contribution in [-0.4, -0.2) is 59.6 Å². The van der Waals surface area contributed by atoms with Gasteiger partial charge in [-0.05, 0) is 31.5 Å². The lowest BCUT2D eigenvalue weighted by Crippen LogP contribution is -2.39. The first-order chi connectivity index (χ1) is 14.4. The van der Waals surface area contributed by atoms with Gasteiger partial charge in [-0.1, -0.05) is 35.9 Å². The molecule has 0 aliphatic heterocycles. The maximum absolute atomic E-state index is 13.1. The van der Waals surface area contributed by atoms with E-state index in [0.717, 1.165) is 22.8 Å². The largest absolute Gasteiger partial charge is 0.396 e. The topological polar surface area (TPSA) is 99.8 Å². The number of aliphatic hydroxyl groups is 2. The van der Waals surface area contributed by atoms with Crippen LogP contribution in [0.25, 0.3) is 10.9 Å². The summed E-state index contributed by atoms with van der Waals surface area (Å²) in [4.78, 5) is 11.5. The first-order valence-corrected chi connectivity index (χ1v) is 11.2. The molecule has 3 rings (SSSR count). The van der Waals surface area contributed by atoms with Crippen LogP contribution in [0.1, 0.15) is 22.3 Å². The fraction of sp³-hybridized carbons (Fsp3) is 0.318. The molecule has 0 saturated heterocycles. The van der Waals surface area contributed by atoms with Crippen LogP contribution >= 0.6 is 0 Å². The molecule has 1 aromatic heterocycles. The van der Waals surface area contributed by atoms with Crippen molar-refractivity contribution < 1.29 is 23.4 Å². The minimum absolute atomic E-state index is 0.0930. The zero-order chi connectivity index (χ0) is 21.7. The number of aldehydes is 1. The number of benzene rings is 2. The quantitative estimate of drug-likeness (QED) is 0.481. The van der Waals surface area contributed by atoms with Gasteiger partial charge in [-0.15, -0.1) is 0 Å². The molecule has 0 spiro atoms. The Kier molecular flexibility index (Phi) is 7.04. The van der Waals surface area contributed by atoms with Crippen molar-refractivity contribution in [2.75, 3.05) is 19.7 Å². The van der Waals surface area contributed by atoms with Crippen molar-refractivity contribution in [1.29, 1.82) is 0 Å². The molecule has 1 atom stereocenters. The van der Waals surface area contributed by atoms with Crippen LogP contribution in [-0.2, 0) is 16.6 Å². The van der Waals surface area contributed by atoms with Crippen LogP contribution in [0.15, 0.2) is 59.6 Å². The van der Waals surface area contributed by atoms with Gasteiger partial charge >= 0.3 is 0 Å². The Bertz CT molecular complexity index is 1110. The van der Waals surface area contributed by atoms with Crippen molar-refractivity contribution >= 4 is 27.2 Å². The van der Waals surface area contributed by atoms with Gasteiger partial charge in [0.25, 0.3) is 0 Å². The molecule has 0 amide bonds. The Morgan fingerprint density at radius 2 is 1.83 bits per heavy atom. The number of aromatic nitrogens is 1. The van der Waals surface area contributed by atoms with Crippen molar-refractivity contribution in [3.8, 4) is 0 Å². The third-order valence-electron chi connectivity index (χ3n) is 4.99. The van der Waals surface area contributed by atoms with Gasteiger partial charge in [0, 0.05) is 48.9 Å². The molecule has 2 aromatic carbocycles. The Labute approximate surface area is 176 Å². The third kappa shape index (κ3) is 4.79. The fourth-order valence-electron chi connectivity index (χ4n) is 3.46. The molecular weight excluding hydrogens is 404 g/mol. The summed E-state index contributed by atoms with van der Waals surface area (Å²) in [6.45, 7) is 1.82. The molecule has 0 saturated carbocycles. The van der Waals surface area contributed by atoms with Crippen LogP contribution in [0, 0.1) is 6.92 Å². The Hall–Kier alpha value is -2.52. The highest BCUT2D eigenvalue weighted by molar-refractivity contribution is 7.89. The van der Waals surface area contributed by atoms with Crippen molar-refractivity contribution in [3.05, 3.63) is 65.9 Å². The monoisotopic (exact) mass is 430 g/mol. The zero-order valence-corrected chi connectivity index (χ0v) is 17.6. The highest BCUT2D eigenvalue weighted by Crippen LogP contribution is 2.21. The lowest BCUT2D eigenvalue weighted by molar-refractivity contribution is 0.112. The third-order valence-corrected chi connectivity index (χ3v) is 6.87. The van der Waals surface area contributed by atoms with Gasteiger partial charge < -0.3 is 14.8 Å². The van der Waals surface area contributed by atoms with Crippen LogP contribution in [0.2, 0.25) is 0 Å². The minimum Gasteiger partial charge on any atom is -0.396 e. The number of carbonyl (C=O) groups is 1. The summed E-state index contributed by atoms with van der Waals surface area (Å²) in [7, 11) is -3.82. The van der Waals surface area contributed by atoms with Crippen LogP contribution in [0.3, 0.4) is 0 Å². The molecule has 160 valence electrons. The summed E-state index contributed by atoms with van der Waals surface area (Å²) in [5.41, 5.74) is 2.26. The predicted molar refractivity (Wildman–Crippen MR) is 115 cm³/mol. The maximum atomic E-state index is 13.1. The normalized spacial score (nSPS) is 13.1. The van der Waals surface area contributed by atoms with Gasteiger partial charge in [-0.3, -0.25) is 4.79 Å². The number of aryl methyl sites for hydroxylation is 1. The number of hydrogen-bond acceptors (Lipinski definition) is 5. The van der Waals surface area contributed by atoms with Crippen LogP contribution < -0.4 is 0 Å². The molecule has 1 heterocycles. The number of rotatable bonds is 10. The van der Waals surface area contributed by atoms with E-state index in [4.69, 9.17) is 0 Å². The molecule has 1 unspecified atom stereocenters. The zero-order valence-electron chi connectivity index (χ0n) is 16.8. The molecule has 0 aliphatic carbocycles. The summed E-state index contributed by atoms with van der Waals surface area (Å²) >= 11 is 0. The number of fused-ring (bicyclic) bond motifs is 1. The van der Waals surface area contributed by atoms with E-state index in [-0.39, 0.29) is 37.6 Å². The van der Waals surface area contributed by atoms with E-state index < -0.39 is 16.1 Å². The molecule has 0 bridgehead atoms. The van der Waals surface area contributed by atoms with Gasteiger partial charge in [0.1, 0.15) is 0 Å². The Balaban J connectivity index is 1.83. The molecule has 0 aliphatic rings. The lowest BCUT2D eigenvalue weighted by Gasteiger charge is -2.25. The van der Waals surface area contributed by atoms with Crippen molar-refractivity contribution in [2.45, 2.75) is 30.9 Å². The highest BCUT2D eigenvalue weighted by atomic mass is 32.2. The molecule has 0 fully saturated rings. The summed E-state index contributed by atoms with van der Waals surface area (Å²) in [6, 6.07) is 13.9. The minimum atomic E-state index is -3.82. The summed E-state index contributed by atoms with van der Waals surface area (Å²) in [5, 5.41) is 20.7. The SMILES string of the molecule is Cc1ccc(S(=O)(=O)N(CCCO)CC(O)Cn2cc(C=O)c3ccccc32)cc1. The Morgan fingerprint density at radius 1 is 1.13 bits per heavy atom. The molecule has 2 N–H and O–H groups in total. The van der Waals surface area contributed by atoms with Gasteiger partial charge in [-0.2, -0.15) is 4.31 Å². The van der Waals surface area contributed by atoms with E-state index in [2.05, 4.69) is 0 Å².